The van der Waals surface area contributed by atoms with E-state index < -0.39 is 11.8 Å². The first-order valence-corrected chi connectivity index (χ1v) is 6.45. The van der Waals surface area contributed by atoms with Crippen molar-refractivity contribution < 1.29 is 14.3 Å². The number of hydrogen-bond acceptors (Lipinski definition) is 4. The van der Waals surface area contributed by atoms with Gasteiger partial charge in [-0.05, 0) is 52.9 Å². The van der Waals surface area contributed by atoms with Gasteiger partial charge in [0.2, 0.25) is 0 Å². The SMILES string of the molecule is N#Cc1ccc(C(=O)O)c(Nc2ccc(I)cc2F)n1. The summed E-state index contributed by atoms with van der Waals surface area (Å²) in [7, 11) is 0. The van der Waals surface area contributed by atoms with E-state index in [0.717, 1.165) is 0 Å². The van der Waals surface area contributed by atoms with E-state index in [-0.39, 0.29) is 22.8 Å². The van der Waals surface area contributed by atoms with E-state index in [0.29, 0.717) is 3.57 Å². The Hall–Kier alpha value is -2.21. The van der Waals surface area contributed by atoms with E-state index in [1.54, 1.807) is 12.1 Å². The average molecular weight is 383 g/mol. The van der Waals surface area contributed by atoms with Crippen LogP contribution in [0, 0.1) is 20.7 Å². The number of rotatable bonds is 3. The summed E-state index contributed by atoms with van der Waals surface area (Å²) in [6, 6.07) is 8.79. The molecule has 0 atom stereocenters. The molecule has 0 bridgehead atoms. The third-order valence-electron chi connectivity index (χ3n) is 2.42. The molecule has 0 aliphatic heterocycles. The summed E-state index contributed by atoms with van der Waals surface area (Å²) in [5.41, 5.74) is 0.000811. The molecule has 7 heteroatoms. The third kappa shape index (κ3) is 3.03. The second-order valence-electron chi connectivity index (χ2n) is 3.76. The minimum atomic E-state index is -1.21. The standard InChI is InChI=1S/C13H7FIN3O2/c14-10-5-7(15)1-4-11(10)18-12-9(13(19)20)3-2-8(6-16)17-12/h1-5H,(H,17,18)(H,19,20). The molecule has 0 fully saturated rings. The molecule has 1 heterocycles. The van der Waals surface area contributed by atoms with Crippen molar-refractivity contribution in [1.29, 1.82) is 5.26 Å². The normalized spacial score (nSPS) is 9.85. The maximum absolute atomic E-state index is 13.7. The Morgan fingerprint density at radius 3 is 2.75 bits per heavy atom. The molecule has 0 spiro atoms. The van der Waals surface area contributed by atoms with Crippen molar-refractivity contribution in [3.05, 3.63) is 51.0 Å². The van der Waals surface area contributed by atoms with Gasteiger partial charge in [-0.2, -0.15) is 5.26 Å². The number of pyridine rings is 1. The second-order valence-corrected chi connectivity index (χ2v) is 5.00. The molecule has 20 heavy (non-hydrogen) atoms. The van der Waals surface area contributed by atoms with E-state index in [9.17, 15) is 9.18 Å². The average Bonchev–Trinajstić information content (AvgIpc) is 2.41. The predicted molar refractivity (Wildman–Crippen MR) is 78.3 cm³/mol. The summed E-state index contributed by atoms with van der Waals surface area (Å²) >= 11 is 1.96. The number of nitriles is 1. The molecular weight excluding hydrogens is 376 g/mol. The molecule has 0 aliphatic carbocycles. The maximum atomic E-state index is 13.7. The van der Waals surface area contributed by atoms with Crippen molar-refractivity contribution in [2.24, 2.45) is 0 Å². The second kappa shape index (κ2) is 5.83. The third-order valence-corrected chi connectivity index (χ3v) is 3.10. The molecule has 2 rings (SSSR count). The zero-order valence-electron chi connectivity index (χ0n) is 9.89. The van der Waals surface area contributed by atoms with E-state index in [2.05, 4.69) is 10.3 Å². The number of hydrogen-bond donors (Lipinski definition) is 2. The smallest absolute Gasteiger partial charge is 0.339 e. The Balaban J connectivity index is 2.46. The van der Waals surface area contributed by atoms with Crippen LogP contribution in [0.5, 0.6) is 0 Å². The molecule has 1 aromatic carbocycles. The van der Waals surface area contributed by atoms with Crippen LogP contribution in [-0.2, 0) is 0 Å². The fourth-order valence-electron chi connectivity index (χ4n) is 1.51. The van der Waals surface area contributed by atoms with Gasteiger partial charge < -0.3 is 10.4 Å². The van der Waals surface area contributed by atoms with Gasteiger partial charge in [-0.25, -0.2) is 14.2 Å². The molecule has 0 saturated carbocycles. The quantitative estimate of drug-likeness (QED) is 0.796. The summed E-state index contributed by atoms with van der Waals surface area (Å²) in [5, 5.41) is 20.5. The van der Waals surface area contributed by atoms with Crippen molar-refractivity contribution in [2.75, 3.05) is 5.32 Å². The van der Waals surface area contributed by atoms with E-state index in [1.165, 1.54) is 24.3 Å². The lowest BCUT2D eigenvalue weighted by molar-refractivity contribution is 0.0697. The van der Waals surface area contributed by atoms with Gasteiger partial charge in [0.1, 0.15) is 29.0 Å². The molecule has 0 radical (unpaired) electrons. The molecule has 2 aromatic rings. The van der Waals surface area contributed by atoms with Crippen LogP contribution < -0.4 is 5.32 Å². The van der Waals surface area contributed by atoms with Crippen LogP contribution >= 0.6 is 22.6 Å². The number of anilines is 2. The van der Waals surface area contributed by atoms with Crippen LogP contribution in [-0.4, -0.2) is 16.1 Å². The van der Waals surface area contributed by atoms with E-state index >= 15 is 0 Å². The molecule has 0 saturated heterocycles. The van der Waals surface area contributed by atoms with Crippen LogP contribution in [0.1, 0.15) is 16.1 Å². The Morgan fingerprint density at radius 1 is 1.40 bits per heavy atom. The summed E-state index contributed by atoms with van der Waals surface area (Å²) in [5.74, 6) is -1.82. The van der Waals surface area contributed by atoms with Crippen LogP contribution in [0.3, 0.4) is 0 Å². The van der Waals surface area contributed by atoms with Gasteiger partial charge in [0.15, 0.2) is 0 Å². The van der Waals surface area contributed by atoms with Crippen molar-refractivity contribution in [1.82, 2.24) is 4.98 Å². The number of carboxylic acid groups (broad SMARTS) is 1. The largest absolute Gasteiger partial charge is 0.478 e. The van der Waals surface area contributed by atoms with Gasteiger partial charge in [-0.15, -0.1) is 0 Å². The zero-order chi connectivity index (χ0) is 14.7. The topological polar surface area (TPSA) is 86.0 Å². The van der Waals surface area contributed by atoms with Gasteiger partial charge in [-0.3, -0.25) is 0 Å². The zero-order valence-corrected chi connectivity index (χ0v) is 12.1. The van der Waals surface area contributed by atoms with E-state index in [1.807, 2.05) is 22.6 Å². The van der Waals surface area contributed by atoms with Gasteiger partial charge in [0.05, 0.1) is 5.69 Å². The highest BCUT2D eigenvalue weighted by atomic mass is 127. The molecule has 1 aromatic heterocycles. The highest BCUT2D eigenvalue weighted by molar-refractivity contribution is 14.1. The number of carboxylic acids is 1. The van der Waals surface area contributed by atoms with Crippen LogP contribution in [0.4, 0.5) is 15.9 Å². The van der Waals surface area contributed by atoms with Gasteiger partial charge in [0.25, 0.3) is 0 Å². The number of benzene rings is 1. The summed E-state index contributed by atoms with van der Waals surface area (Å²) < 4.78 is 14.5. The number of halogens is 2. The number of nitrogens with zero attached hydrogens (tertiary/aromatic N) is 2. The molecule has 5 nitrogen and oxygen atoms in total. The highest BCUT2D eigenvalue weighted by Gasteiger charge is 2.14. The van der Waals surface area contributed by atoms with Crippen LogP contribution in [0.25, 0.3) is 0 Å². The van der Waals surface area contributed by atoms with Crippen molar-refractivity contribution in [2.45, 2.75) is 0 Å². The first kappa shape index (κ1) is 14.2. The Morgan fingerprint density at radius 2 is 2.15 bits per heavy atom. The highest BCUT2D eigenvalue weighted by Crippen LogP contribution is 2.23. The minimum absolute atomic E-state index is 0.0448. The molecule has 100 valence electrons. The lowest BCUT2D eigenvalue weighted by atomic mass is 10.2. The number of aromatic carboxylic acids is 1. The van der Waals surface area contributed by atoms with Crippen LogP contribution in [0.15, 0.2) is 30.3 Å². The summed E-state index contributed by atoms with van der Waals surface area (Å²) in [4.78, 5) is 14.9. The lowest BCUT2D eigenvalue weighted by Crippen LogP contribution is -2.06. The first-order valence-electron chi connectivity index (χ1n) is 5.38. The predicted octanol–water partition coefficient (Wildman–Crippen LogP) is 3.14. The Bertz CT molecular complexity index is 728. The van der Waals surface area contributed by atoms with Crippen molar-refractivity contribution in [3.8, 4) is 6.07 Å². The minimum Gasteiger partial charge on any atom is -0.478 e. The molecule has 2 N–H and O–H groups in total. The molecule has 0 aliphatic rings. The lowest BCUT2D eigenvalue weighted by Gasteiger charge is -2.09. The number of carbonyl (C=O) groups is 1. The number of nitrogens with one attached hydrogen (secondary N) is 1. The van der Waals surface area contributed by atoms with Gasteiger partial charge in [0, 0.05) is 3.57 Å². The summed E-state index contributed by atoms with van der Waals surface area (Å²) in [6.07, 6.45) is 0. The van der Waals surface area contributed by atoms with Gasteiger partial charge >= 0.3 is 5.97 Å². The molecule has 0 unspecified atom stereocenters. The van der Waals surface area contributed by atoms with Crippen LogP contribution in [0.2, 0.25) is 0 Å². The number of aromatic nitrogens is 1. The molecule has 0 amide bonds. The monoisotopic (exact) mass is 383 g/mol. The van der Waals surface area contributed by atoms with E-state index in [4.69, 9.17) is 10.4 Å². The first-order chi connectivity index (χ1) is 9.51. The Labute approximate surface area is 127 Å². The summed E-state index contributed by atoms with van der Waals surface area (Å²) in [6.45, 7) is 0. The van der Waals surface area contributed by atoms with Crippen molar-refractivity contribution >= 4 is 40.1 Å². The van der Waals surface area contributed by atoms with Crippen molar-refractivity contribution in [3.63, 3.8) is 0 Å². The fraction of sp³-hybridized carbons (Fsp3) is 0. The maximum Gasteiger partial charge on any atom is 0.339 e. The fourth-order valence-corrected chi connectivity index (χ4v) is 1.96. The van der Waals surface area contributed by atoms with Gasteiger partial charge in [-0.1, -0.05) is 0 Å². The molecular formula is C13H7FIN3O2. The Kier molecular flexibility index (Phi) is 4.14.